The van der Waals surface area contributed by atoms with Gasteiger partial charge in [0.1, 0.15) is 0 Å². The number of hydrogen-bond donors (Lipinski definition) is 0. The number of nitrogens with zero attached hydrogens (tertiary/aromatic N) is 1. The van der Waals surface area contributed by atoms with E-state index in [1.54, 1.807) is 0 Å². The topological polar surface area (TPSA) is 12.9 Å². The molecule has 0 saturated carbocycles. The third-order valence-electron chi connectivity index (χ3n) is 2.63. The summed E-state index contributed by atoms with van der Waals surface area (Å²) in [5.74, 6) is 0. The Morgan fingerprint density at radius 2 is 1.94 bits per heavy atom. The SMILES string of the molecule is [c]1ccccc1-c1ccc2cccnc2c1. The average Bonchev–Trinajstić information content (AvgIpc) is 2.39. The number of aromatic nitrogens is 1. The van der Waals surface area contributed by atoms with Crippen LogP contribution in [0, 0.1) is 6.07 Å². The number of fused-ring (bicyclic) bond motifs is 1. The molecule has 0 bridgehead atoms. The molecule has 1 heterocycles. The maximum atomic E-state index is 4.35. The van der Waals surface area contributed by atoms with Gasteiger partial charge in [-0.15, -0.1) is 0 Å². The zero-order valence-electron chi connectivity index (χ0n) is 8.72. The average molecular weight is 204 g/mol. The molecule has 1 aromatic heterocycles. The maximum Gasteiger partial charge on any atom is 0.0708 e. The number of rotatable bonds is 1. The lowest BCUT2D eigenvalue weighted by molar-refractivity contribution is 1.41. The Kier molecular flexibility index (Phi) is 2.15. The number of hydrogen-bond acceptors (Lipinski definition) is 1. The molecule has 0 spiro atoms. The Balaban J connectivity index is 2.19. The van der Waals surface area contributed by atoms with Crippen molar-refractivity contribution in [2.24, 2.45) is 0 Å². The number of benzene rings is 2. The van der Waals surface area contributed by atoms with Gasteiger partial charge in [0.05, 0.1) is 5.52 Å². The molecule has 3 rings (SSSR count). The van der Waals surface area contributed by atoms with E-state index in [1.807, 2.05) is 30.5 Å². The largest absolute Gasteiger partial charge is 0.256 e. The van der Waals surface area contributed by atoms with E-state index in [9.17, 15) is 0 Å². The van der Waals surface area contributed by atoms with E-state index in [1.165, 1.54) is 5.39 Å². The first-order valence-corrected chi connectivity index (χ1v) is 5.25. The van der Waals surface area contributed by atoms with Crippen LogP contribution >= 0.6 is 0 Å². The second kappa shape index (κ2) is 3.78. The lowest BCUT2D eigenvalue weighted by atomic mass is 10.0. The lowest BCUT2D eigenvalue weighted by Crippen LogP contribution is -1.80. The Labute approximate surface area is 94.4 Å². The quantitative estimate of drug-likeness (QED) is 0.589. The minimum atomic E-state index is 1.03. The molecule has 0 N–H and O–H groups in total. The van der Waals surface area contributed by atoms with Crippen molar-refractivity contribution in [1.82, 2.24) is 4.98 Å². The van der Waals surface area contributed by atoms with Gasteiger partial charge in [-0.1, -0.05) is 42.5 Å². The Morgan fingerprint density at radius 1 is 0.938 bits per heavy atom. The van der Waals surface area contributed by atoms with Crippen LogP contribution in [0.15, 0.2) is 60.8 Å². The molecule has 1 nitrogen and oxygen atoms in total. The van der Waals surface area contributed by atoms with Crippen molar-refractivity contribution in [2.75, 3.05) is 0 Å². The molecule has 1 heteroatoms. The van der Waals surface area contributed by atoms with E-state index >= 15 is 0 Å². The van der Waals surface area contributed by atoms with Gasteiger partial charge in [0.25, 0.3) is 0 Å². The highest BCUT2D eigenvalue weighted by Crippen LogP contribution is 2.22. The van der Waals surface area contributed by atoms with E-state index in [0.717, 1.165) is 16.6 Å². The summed E-state index contributed by atoms with van der Waals surface area (Å²) in [5, 5.41) is 1.17. The monoisotopic (exact) mass is 204 g/mol. The molecule has 0 unspecified atom stereocenters. The van der Waals surface area contributed by atoms with E-state index in [2.05, 4.69) is 41.4 Å². The third kappa shape index (κ3) is 1.57. The minimum Gasteiger partial charge on any atom is -0.256 e. The highest BCUT2D eigenvalue weighted by molar-refractivity contribution is 5.83. The summed E-state index contributed by atoms with van der Waals surface area (Å²) in [5.41, 5.74) is 3.29. The fraction of sp³-hybridized carbons (Fsp3) is 0. The summed E-state index contributed by atoms with van der Waals surface area (Å²) in [7, 11) is 0. The molecule has 0 saturated heterocycles. The van der Waals surface area contributed by atoms with Crippen molar-refractivity contribution in [3.05, 3.63) is 66.9 Å². The molecule has 0 atom stereocenters. The Morgan fingerprint density at radius 3 is 2.81 bits per heavy atom. The first-order valence-electron chi connectivity index (χ1n) is 5.25. The molecule has 0 aliphatic heterocycles. The molecule has 16 heavy (non-hydrogen) atoms. The predicted molar refractivity (Wildman–Crippen MR) is 66.0 cm³/mol. The molecule has 3 aromatic rings. The number of pyridine rings is 1. The molecule has 0 amide bonds. The van der Waals surface area contributed by atoms with Gasteiger partial charge >= 0.3 is 0 Å². The fourth-order valence-corrected chi connectivity index (χ4v) is 1.81. The lowest BCUT2D eigenvalue weighted by Gasteiger charge is -2.02. The summed E-state index contributed by atoms with van der Waals surface area (Å²) in [4.78, 5) is 4.35. The highest BCUT2D eigenvalue weighted by Gasteiger charge is 1.99. The van der Waals surface area contributed by atoms with Crippen LogP contribution in [0.25, 0.3) is 22.0 Å². The van der Waals surface area contributed by atoms with Crippen LogP contribution in [0.3, 0.4) is 0 Å². The first kappa shape index (κ1) is 9.10. The van der Waals surface area contributed by atoms with Crippen LogP contribution < -0.4 is 0 Å². The van der Waals surface area contributed by atoms with Crippen molar-refractivity contribution in [3.8, 4) is 11.1 Å². The summed E-state index contributed by atoms with van der Waals surface area (Å²) in [6.45, 7) is 0. The molecule has 1 radical (unpaired) electrons. The van der Waals surface area contributed by atoms with Crippen LogP contribution in [0.1, 0.15) is 0 Å². The van der Waals surface area contributed by atoms with Crippen molar-refractivity contribution >= 4 is 10.9 Å². The van der Waals surface area contributed by atoms with Gasteiger partial charge in [0.2, 0.25) is 0 Å². The molecule has 0 fully saturated rings. The van der Waals surface area contributed by atoms with E-state index in [4.69, 9.17) is 0 Å². The van der Waals surface area contributed by atoms with Crippen LogP contribution in [0.5, 0.6) is 0 Å². The van der Waals surface area contributed by atoms with Gasteiger partial charge in [-0.05, 0) is 29.3 Å². The summed E-state index contributed by atoms with van der Waals surface area (Å²) >= 11 is 0. The summed E-state index contributed by atoms with van der Waals surface area (Å²) in [6, 6.07) is 21.5. The molecule has 2 aromatic carbocycles. The minimum absolute atomic E-state index is 1.03. The smallest absolute Gasteiger partial charge is 0.0708 e. The Hall–Kier alpha value is -2.15. The predicted octanol–water partition coefficient (Wildman–Crippen LogP) is 3.70. The van der Waals surface area contributed by atoms with Crippen molar-refractivity contribution in [1.29, 1.82) is 0 Å². The molecular weight excluding hydrogens is 194 g/mol. The van der Waals surface area contributed by atoms with Gasteiger partial charge in [0, 0.05) is 11.6 Å². The summed E-state index contributed by atoms with van der Waals surface area (Å²) < 4.78 is 0. The molecule has 0 aliphatic rings. The van der Waals surface area contributed by atoms with Gasteiger partial charge in [-0.25, -0.2) is 0 Å². The normalized spacial score (nSPS) is 10.5. The summed E-state index contributed by atoms with van der Waals surface area (Å²) in [6.07, 6.45) is 1.82. The highest BCUT2D eigenvalue weighted by atomic mass is 14.6. The van der Waals surface area contributed by atoms with Gasteiger partial charge < -0.3 is 0 Å². The second-order valence-corrected chi connectivity index (χ2v) is 3.69. The first-order chi connectivity index (χ1) is 7.93. The van der Waals surface area contributed by atoms with Crippen LogP contribution in [-0.4, -0.2) is 4.98 Å². The van der Waals surface area contributed by atoms with Gasteiger partial charge in [0.15, 0.2) is 0 Å². The van der Waals surface area contributed by atoms with Crippen LogP contribution in [0.2, 0.25) is 0 Å². The second-order valence-electron chi connectivity index (χ2n) is 3.69. The Bertz CT molecular complexity index is 614. The maximum absolute atomic E-state index is 4.35. The van der Waals surface area contributed by atoms with E-state index in [-0.39, 0.29) is 0 Å². The molecule has 0 aliphatic carbocycles. The third-order valence-corrected chi connectivity index (χ3v) is 2.63. The van der Waals surface area contributed by atoms with Crippen molar-refractivity contribution < 1.29 is 0 Å². The van der Waals surface area contributed by atoms with E-state index < -0.39 is 0 Å². The van der Waals surface area contributed by atoms with E-state index in [0.29, 0.717) is 0 Å². The molecule has 75 valence electrons. The standard InChI is InChI=1S/C15H10N/c1-2-5-12(6-3-1)14-9-8-13-7-4-10-16-15(13)11-14/h1-5,7-11H. The van der Waals surface area contributed by atoms with Gasteiger partial charge in [-0.3, -0.25) is 4.98 Å². The zero-order chi connectivity index (χ0) is 10.8. The zero-order valence-corrected chi connectivity index (χ0v) is 8.72. The van der Waals surface area contributed by atoms with Crippen LogP contribution in [0.4, 0.5) is 0 Å². The molecular formula is C15H10N. The van der Waals surface area contributed by atoms with Crippen molar-refractivity contribution in [3.63, 3.8) is 0 Å². The van der Waals surface area contributed by atoms with Crippen molar-refractivity contribution in [2.45, 2.75) is 0 Å². The van der Waals surface area contributed by atoms with Crippen LogP contribution in [-0.2, 0) is 0 Å². The fourth-order valence-electron chi connectivity index (χ4n) is 1.81. The van der Waals surface area contributed by atoms with Gasteiger partial charge in [-0.2, -0.15) is 0 Å².